The van der Waals surface area contributed by atoms with Crippen LogP contribution in [0.15, 0.2) is 18.3 Å². The average molecular weight is 414 g/mol. The first-order valence-corrected chi connectivity index (χ1v) is 11.2. The minimum atomic E-state index is -0.0573. The maximum absolute atomic E-state index is 12.6. The Morgan fingerprint density at radius 2 is 2.03 bits per heavy atom. The molecule has 2 fully saturated rings. The molecule has 0 unspecified atom stereocenters. The molecule has 4 rings (SSSR count). The Bertz CT molecular complexity index is 873. The van der Waals surface area contributed by atoms with Gasteiger partial charge in [-0.05, 0) is 58.8 Å². The fourth-order valence-corrected chi connectivity index (χ4v) is 4.30. The van der Waals surface area contributed by atoms with E-state index in [0.29, 0.717) is 18.2 Å². The topological polar surface area (TPSA) is 69.0 Å². The third-order valence-corrected chi connectivity index (χ3v) is 6.22. The highest BCUT2D eigenvalue weighted by Gasteiger charge is 2.35. The van der Waals surface area contributed by atoms with Gasteiger partial charge in [-0.25, -0.2) is 0 Å². The summed E-state index contributed by atoms with van der Waals surface area (Å²) in [4.78, 5) is 19.8. The van der Waals surface area contributed by atoms with Crippen molar-refractivity contribution in [1.29, 1.82) is 0 Å². The molecular weight excluding hydrogens is 378 g/mol. The number of rotatable bonds is 8. The summed E-state index contributed by atoms with van der Waals surface area (Å²) in [6.07, 6.45) is 4.64. The monoisotopic (exact) mass is 413 g/mol. The van der Waals surface area contributed by atoms with Crippen molar-refractivity contribution >= 4 is 11.6 Å². The molecule has 1 amide bonds. The van der Waals surface area contributed by atoms with Crippen molar-refractivity contribution < 1.29 is 4.79 Å². The van der Waals surface area contributed by atoms with E-state index in [1.807, 2.05) is 36.8 Å². The first-order chi connectivity index (χ1) is 14.4. The first-order valence-electron chi connectivity index (χ1n) is 11.2. The second kappa shape index (κ2) is 8.99. The minimum absolute atomic E-state index is 0.0573. The molecule has 0 spiro atoms. The van der Waals surface area contributed by atoms with Gasteiger partial charge < -0.3 is 10.2 Å². The number of nitrogens with one attached hydrogen (secondary N) is 1. The van der Waals surface area contributed by atoms with Gasteiger partial charge in [0.2, 0.25) is 0 Å². The molecule has 8 nitrogen and oxygen atoms in total. The van der Waals surface area contributed by atoms with Gasteiger partial charge in [0, 0.05) is 51.5 Å². The predicted molar refractivity (Wildman–Crippen MR) is 118 cm³/mol. The van der Waals surface area contributed by atoms with Gasteiger partial charge in [-0.3, -0.25) is 19.0 Å². The van der Waals surface area contributed by atoms with Crippen molar-refractivity contribution in [2.45, 2.75) is 38.8 Å². The summed E-state index contributed by atoms with van der Waals surface area (Å²) in [5.41, 5.74) is 1.43. The number of aromatic nitrogens is 3. The van der Waals surface area contributed by atoms with Crippen molar-refractivity contribution in [1.82, 2.24) is 34.6 Å². The second-order valence-corrected chi connectivity index (χ2v) is 9.31. The van der Waals surface area contributed by atoms with Crippen LogP contribution in [-0.2, 0) is 0 Å². The Morgan fingerprint density at radius 3 is 2.73 bits per heavy atom. The van der Waals surface area contributed by atoms with Crippen LogP contribution in [0.1, 0.15) is 48.9 Å². The van der Waals surface area contributed by atoms with Crippen LogP contribution in [0.4, 0.5) is 0 Å². The molecule has 1 atom stereocenters. The van der Waals surface area contributed by atoms with Gasteiger partial charge in [-0.1, -0.05) is 0 Å². The van der Waals surface area contributed by atoms with Gasteiger partial charge in [0.05, 0.1) is 11.6 Å². The van der Waals surface area contributed by atoms with E-state index < -0.39 is 0 Å². The zero-order valence-corrected chi connectivity index (χ0v) is 18.7. The molecule has 1 saturated carbocycles. The summed E-state index contributed by atoms with van der Waals surface area (Å²) in [7, 11) is 4.00. The van der Waals surface area contributed by atoms with Crippen LogP contribution >= 0.6 is 0 Å². The van der Waals surface area contributed by atoms with E-state index in [-0.39, 0.29) is 11.9 Å². The van der Waals surface area contributed by atoms with Crippen molar-refractivity contribution in [2.24, 2.45) is 5.92 Å². The number of carbonyl (C=O) groups excluding carboxylic acids is 1. The fraction of sp³-hybridized carbons (Fsp3) is 0.682. The number of amides is 1. The van der Waals surface area contributed by atoms with E-state index in [4.69, 9.17) is 0 Å². The van der Waals surface area contributed by atoms with E-state index >= 15 is 0 Å². The Hall–Kier alpha value is -2.03. The minimum Gasteiger partial charge on any atom is -0.351 e. The first kappa shape index (κ1) is 21.2. The van der Waals surface area contributed by atoms with E-state index in [0.717, 1.165) is 43.6 Å². The standard InChI is InChI=1S/C22H35N7O/c1-16(2)28-12-11-27(13-17-5-6-17)15-19(28)21-25-24-20-8-7-18(14-29(20)21)22(30)23-9-10-26(3)4/h7-8,14,16-17,19H,5-6,9-13,15H2,1-4H3,(H,23,30)/t19-/m1/s1. The summed E-state index contributed by atoms with van der Waals surface area (Å²) in [5.74, 6) is 1.75. The Balaban J connectivity index is 1.57. The summed E-state index contributed by atoms with van der Waals surface area (Å²) in [5, 5.41) is 12.0. The van der Waals surface area contributed by atoms with Crippen molar-refractivity contribution in [3.8, 4) is 0 Å². The molecule has 1 aliphatic carbocycles. The predicted octanol–water partition coefficient (Wildman–Crippen LogP) is 1.50. The van der Waals surface area contributed by atoms with Crippen molar-refractivity contribution in [3.05, 3.63) is 29.7 Å². The van der Waals surface area contributed by atoms with Crippen LogP contribution in [0.2, 0.25) is 0 Å². The van der Waals surface area contributed by atoms with Crippen LogP contribution in [-0.4, -0.2) is 94.6 Å². The number of likely N-dealkylation sites (N-methyl/N-ethyl adjacent to an activating group) is 1. The lowest BCUT2D eigenvalue weighted by molar-refractivity contribution is 0.0437. The van der Waals surface area contributed by atoms with Crippen LogP contribution in [0, 0.1) is 5.92 Å². The molecular formula is C22H35N7O. The highest BCUT2D eigenvalue weighted by molar-refractivity contribution is 5.94. The van der Waals surface area contributed by atoms with Gasteiger partial charge in [-0.2, -0.15) is 0 Å². The molecule has 0 radical (unpaired) electrons. The molecule has 2 aromatic rings. The SMILES string of the molecule is CC(C)N1CCN(CC2CC2)C[C@@H]1c1nnc2ccc(C(=O)NCCN(C)C)cn12. The van der Waals surface area contributed by atoms with Crippen molar-refractivity contribution in [3.63, 3.8) is 0 Å². The van der Waals surface area contributed by atoms with Crippen LogP contribution in [0.25, 0.3) is 5.65 Å². The largest absolute Gasteiger partial charge is 0.351 e. The molecule has 30 heavy (non-hydrogen) atoms. The van der Waals surface area contributed by atoms with Crippen LogP contribution in [0.3, 0.4) is 0 Å². The summed E-state index contributed by atoms with van der Waals surface area (Å²) in [6, 6.07) is 4.34. The van der Waals surface area contributed by atoms with Gasteiger partial charge in [0.15, 0.2) is 11.5 Å². The molecule has 0 aromatic carbocycles. The van der Waals surface area contributed by atoms with Gasteiger partial charge in [-0.15, -0.1) is 10.2 Å². The van der Waals surface area contributed by atoms with Crippen LogP contribution < -0.4 is 5.32 Å². The number of hydrogen-bond donors (Lipinski definition) is 1. The number of carbonyl (C=O) groups is 1. The molecule has 0 bridgehead atoms. The fourth-order valence-electron chi connectivity index (χ4n) is 4.30. The number of fused-ring (bicyclic) bond motifs is 1. The van der Waals surface area contributed by atoms with Gasteiger partial charge >= 0.3 is 0 Å². The number of hydrogen-bond acceptors (Lipinski definition) is 6. The summed E-state index contributed by atoms with van der Waals surface area (Å²) < 4.78 is 2.02. The van der Waals surface area contributed by atoms with Gasteiger partial charge in [0.25, 0.3) is 5.91 Å². The molecule has 3 heterocycles. The summed E-state index contributed by atoms with van der Waals surface area (Å²) >= 11 is 0. The lowest BCUT2D eigenvalue weighted by Crippen LogP contribution is -2.51. The highest BCUT2D eigenvalue weighted by Crippen LogP contribution is 2.33. The molecule has 1 saturated heterocycles. The average Bonchev–Trinajstić information content (AvgIpc) is 3.42. The lowest BCUT2D eigenvalue weighted by atomic mass is 10.1. The third-order valence-electron chi connectivity index (χ3n) is 6.22. The maximum Gasteiger partial charge on any atom is 0.252 e. The molecule has 164 valence electrons. The Labute approximate surface area is 179 Å². The second-order valence-electron chi connectivity index (χ2n) is 9.31. The number of piperazine rings is 1. The molecule has 8 heteroatoms. The molecule has 1 aliphatic heterocycles. The van der Waals surface area contributed by atoms with E-state index in [9.17, 15) is 4.79 Å². The Kier molecular flexibility index (Phi) is 6.36. The summed E-state index contributed by atoms with van der Waals surface area (Å²) in [6.45, 7) is 10.2. The zero-order valence-electron chi connectivity index (χ0n) is 18.7. The van der Waals surface area contributed by atoms with Gasteiger partial charge in [0.1, 0.15) is 0 Å². The highest BCUT2D eigenvalue weighted by atomic mass is 16.1. The zero-order chi connectivity index (χ0) is 21.3. The Morgan fingerprint density at radius 1 is 1.23 bits per heavy atom. The molecule has 2 aromatic heterocycles. The molecule has 2 aliphatic rings. The number of pyridine rings is 1. The normalized spacial score (nSPS) is 21.1. The van der Waals surface area contributed by atoms with E-state index in [1.54, 1.807) is 0 Å². The van der Waals surface area contributed by atoms with E-state index in [1.165, 1.54) is 19.4 Å². The third kappa shape index (κ3) is 4.82. The van der Waals surface area contributed by atoms with Crippen LogP contribution in [0.5, 0.6) is 0 Å². The smallest absolute Gasteiger partial charge is 0.252 e. The number of nitrogens with zero attached hydrogens (tertiary/aromatic N) is 6. The molecule has 1 N–H and O–H groups in total. The maximum atomic E-state index is 12.6. The van der Waals surface area contributed by atoms with Crippen molar-refractivity contribution in [2.75, 3.05) is 53.4 Å². The quantitative estimate of drug-likeness (QED) is 0.707. The lowest BCUT2D eigenvalue weighted by Gasteiger charge is -2.42. The van der Waals surface area contributed by atoms with E-state index in [2.05, 4.69) is 44.1 Å².